The first-order valence-corrected chi connectivity index (χ1v) is 4.73. The molecular formula is C14H13Na. The van der Waals surface area contributed by atoms with Crippen molar-refractivity contribution in [2.75, 3.05) is 0 Å². The zero-order valence-corrected chi connectivity index (χ0v) is 7.93. The molecule has 0 atom stereocenters. The van der Waals surface area contributed by atoms with E-state index in [1.807, 2.05) is 36.4 Å². The van der Waals surface area contributed by atoms with Gasteiger partial charge in [0.2, 0.25) is 0 Å². The van der Waals surface area contributed by atoms with Crippen LogP contribution < -0.4 is 0 Å². The summed E-state index contributed by atoms with van der Waals surface area (Å²) in [7, 11) is 0. The van der Waals surface area contributed by atoms with Crippen LogP contribution in [0.2, 0.25) is 0 Å². The van der Waals surface area contributed by atoms with Gasteiger partial charge in [-0.15, -0.1) is 0 Å². The normalized spacial score (nSPS) is 9.87. The Morgan fingerprint density at radius 3 is 1.20 bits per heavy atom. The molecule has 0 aliphatic carbocycles. The molecule has 0 amide bonds. The van der Waals surface area contributed by atoms with Crippen molar-refractivity contribution in [2.24, 2.45) is 0 Å². The molecule has 0 aromatic heterocycles. The Kier molecular flexibility index (Phi) is 5.41. The molecule has 0 fully saturated rings. The van der Waals surface area contributed by atoms with E-state index in [1.165, 1.54) is 11.1 Å². The van der Waals surface area contributed by atoms with Crippen LogP contribution in [0.3, 0.4) is 0 Å². The van der Waals surface area contributed by atoms with E-state index >= 15 is 0 Å². The molecule has 2 rings (SSSR count). The van der Waals surface area contributed by atoms with Gasteiger partial charge in [-0.25, -0.2) is 0 Å². The second-order valence-electron chi connectivity index (χ2n) is 3.15. The molecule has 0 heterocycles. The monoisotopic (exact) mass is 204 g/mol. The molecule has 70 valence electrons. The summed E-state index contributed by atoms with van der Waals surface area (Å²) in [5.41, 5.74) is 2.47. The van der Waals surface area contributed by atoms with Gasteiger partial charge in [-0.3, -0.25) is 0 Å². The fourth-order valence-corrected chi connectivity index (χ4v) is 1.32. The quantitative estimate of drug-likeness (QED) is 0.520. The van der Waals surface area contributed by atoms with E-state index in [-0.39, 0.29) is 29.6 Å². The Balaban J connectivity index is 0.00000112. The molecule has 0 aliphatic rings. The third-order valence-electron chi connectivity index (χ3n) is 2.07. The standard InChI is InChI=1S/C14H12.Na.H/c1-3-7-13(8-4-1)11-12-14-9-5-2-6-10-14;;/h1-12H;;. The van der Waals surface area contributed by atoms with E-state index in [4.69, 9.17) is 0 Å². The van der Waals surface area contributed by atoms with Crippen molar-refractivity contribution in [3.8, 4) is 0 Å². The van der Waals surface area contributed by atoms with Crippen molar-refractivity contribution in [1.82, 2.24) is 0 Å². The number of benzene rings is 2. The Hall–Kier alpha value is -0.820. The average molecular weight is 204 g/mol. The maximum absolute atomic E-state index is 2.12. The van der Waals surface area contributed by atoms with Gasteiger partial charge in [0.1, 0.15) is 0 Å². The third kappa shape index (κ3) is 4.05. The summed E-state index contributed by atoms with van der Waals surface area (Å²) in [6, 6.07) is 20.6. The predicted molar refractivity (Wildman–Crippen MR) is 69.0 cm³/mol. The molecule has 0 spiro atoms. The van der Waals surface area contributed by atoms with Crippen LogP contribution in [-0.4, -0.2) is 29.6 Å². The summed E-state index contributed by atoms with van der Waals surface area (Å²) >= 11 is 0. The second-order valence-corrected chi connectivity index (χ2v) is 3.15. The van der Waals surface area contributed by atoms with Gasteiger partial charge >= 0.3 is 29.6 Å². The number of hydrogen-bond donors (Lipinski definition) is 0. The van der Waals surface area contributed by atoms with Gasteiger partial charge in [-0.1, -0.05) is 72.8 Å². The Bertz CT molecular complexity index is 362. The molecular weight excluding hydrogens is 191 g/mol. The molecule has 0 bridgehead atoms. The first-order chi connectivity index (χ1) is 6.95. The van der Waals surface area contributed by atoms with Gasteiger partial charge in [0.25, 0.3) is 0 Å². The summed E-state index contributed by atoms with van der Waals surface area (Å²) in [6.07, 6.45) is 4.24. The molecule has 0 aliphatic heterocycles. The van der Waals surface area contributed by atoms with Crippen LogP contribution in [0.5, 0.6) is 0 Å². The van der Waals surface area contributed by atoms with E-state index in [0.717, 1.165) is 0 Å². The maximum atomic E-state index is 2.12. The Labute approximate surface area is 113 Å². The van der Waals surface area contributed by atoms with Crippen molar-refractivity contribution in [1.29, 1.82) is 0 Å². The van der Waals surface area contributed by atoms with E-state index < -0.39 is 0 Å². The first-order valence-electron chi connectivity index (χ1n) is 4.73. The van der Waals surface area contributed by atoms with Crippen molar-refractivity contribution >= 4 is 41.7 Å². The van der Waals surface area contributed by atoms with E-state index in [1.54, 1.807) is 0 Å². The fraction of sp³-hybridized carbons (Fsp3) is 0. The number of hydrogen-bond acceptors (Lipinski definition) is 0. The average Bonchev–Trinajstić information content (AvgIpc) is 2.29. The Morgan fingerprint density at radius 2 is 0.867 bits per heavy atom. The van der Waals surface area contributed by atoms with Crippen LogP contribution in [0.15, 0.2) is 60.7 Å². The van der Waals surface area contributed by atoms with Crippen molar-refractivity contribution in [3.05, 3.63) is 71.8 Å². The van der Waals surface area contributed by atoms with Gasteiger partial charge in [0, 0.05) is 0 Å². The summed E-state index contributed by atoms with van der Waals surface area (Å²) in [5, 5.41) is 0. The van der Waals surface area contributed by atoms with Crippen LogP contribution in [-0.2, 0) is 0 Å². The van der Waals surface area contributed by atoms with Gasteiger partial charge in [0.05, 0.1) is 0 Å². The molecule has 0 saturated heterocycles. The van der Waals surface area contributed by atoms with E-state index in [0.29, 0.717) is 0 Å². The fourth-order valence-electron chi connectivity index (χ4n) is 1.32. The van der Waals surface area contributed by atoms with Gasteiger partial charge in [-0.05, 0) is 11.1 Å². The van der Waals surface area contributed by atoms with E-state index in [2.05, 4.69) is 36.4 Å². The van der Waals surface area contributed by atoms with Gasteiger partial charge < -0.3 is 0 Å². The zero-order chi connectivity index (χ0) is 9.64. The molecule has 1 heteroatoms. The number of rotatable bonds is 2. The summed E-state index contributed by atoms with van der Waals surface area (Å²) in [4.78, 5) is 0. The zero-order valence-electron chi connectivity index (χ0n) is 7.93. The van der Waals surface area contributed by atoms with E-state index in [9.17, 15) is 0 Å². The molecule has 0 saturated carbocycles. The van der Waals surface area contributed by atoms with Crippen molar-refractivity contribution in [3.63, 3.8) is 0 Å². The van der Waals surface area contributed by atoms with Crippen LogP contribution in [0.1, 0.15) is 11.1 Å². The third-order valence-corrected chi connectivity index (χ3v) is 2.07. The van der Waals surface area contributed by atoms with Crippen LogP contribution in [0.4, 0.5) is 0 Å². The molecule has 0 N–H and O–H groups in total. The van der Waals surface area contributed by atoms with Crippen molar-refractivity contribution < 1.29 is 0 Å². The van der Waals surface area contributed by atoms with Gasteiger partial charge in [-0.2, -0.15) is 0 Å². The molecule has 2 aromatic rings. The predicted octanol–water partition coefficient (Wildman–Crippen LogP) is 3.21. The minimum absolute atomic E-state index is 0. The topological polar surface area (TPSA) is 0 Å². The molecule has 0 nitrogen and oxygen atoms in total. The van der Waals surface area contributed by atoms with Crippen LogP contribution in [0, 0.1) is 0 Å². The first kappa shape index (κ1) is 12.3. The Morgan fingerprint density at radius 1 is 0.533 bits per heavy atom. The molecule has 0 unspecified atom stereocenters. The minimum atomic E-state index is 0. The van der Waals surface area contributed by atoms with Crippen LogP contribution in [0.25, 0.3) is 12.2 Å². The summed E-state index contributed by atoms with van der Waals surface area (Å²) in [5.74, 6) is 0. The second kappa shape index (κ2) is 6.62. The molecule has 0 radical (unpaired) electrons. The molecule has 15 heavy (non-hydrogen) atoms. The summed E-state index contributed by atoms with van der Waals surface area (Å²) < 4.78 is 0. The SMILES string of the molecule is C(=Cc1ccccc1)c1ccccc1.[NaH]. The molecule has 2 aromatic carbocycles. The summed E-state index contributed by atoms with van der Waals surface area (Å²) in [6.45, 7) is 0. The van der Waals surface area contributed by atoms with Crippen LogP contribution >= 0.6 is 0 Å². The van der Waals surface area contributed by atoms with Crippen molar-refractivity contribution in [2.45, 2.75) is 0 Å². The van der Waals surface area contributed by atoms with Gasteiger partial charge in [0.15, 0.2) is 0 Å².